The first kappa shape index (κ1) is 9.16. The third kappa shape index (κ3) is 2.03. The monoisotopic (exact) mass is 181 g/mol. The van der Waals surface area contributed by atoms with Gasteiger partial charge in [0.2, 0.25) is 0 Å². The van der Waals surface area contributed by atoms with Crippen molar-refractivity contribution >= 4 is 22.8 Å². The second-order valence-electron chi connectivity index (χ2n) is 2.44. The van der Waals surface area contributed by atoms with Crippen molar-refractivity contribution < 1.29 is 4.74 Å². The molecular weight excluding hydrogens is 170 g/mol. The van der Waals surface area contributed by atoms with Crippen LogP contribution in [-0.2, 0) is 4.74 Å². The highest BCUT2D eigenvalue weighted by atomic mass is 32.1. The number of ether oxygens (including phenoxy) is 1. The Morgan fingerprint density at radius 3 is 2.75 bits per heavy atom. The molecule has 3 heteroatoms. The zero-order chi connectivity index (χ0) is 8.97. The Labute approximate surface area is 77.3 Å². The minimum atomic E-state index is 0.448. The fraction of sp³-hybridized carbons (Fsp3) is 0.222. The molecule has 0 aliphatic rings. The van der Waals surface area contributed by atoms with E-state index in [2.05, 4.69) is 0 Å². The normalized spacial score (nSPS) is 9.75. The second kappa shape index (κ2) is 4.18. The summed E-state index contributed by atoms with van der Waals surface area (Å²) in [5, 5.41) is 0. The number of hydrogen-bond donors (Lipinski definition) is 1. The minimum Gasteiger partial charge on any atom is -0.398 e. The summed E-state index contributed by atoms with van der Waals surface area (Å²) in [6.45, 7) is 0.448. The van der Waals surface area contributed by atoms with Gasteiger partial charge in [-0.25, -0.2) is 0 Å². The predicted molar refractivity (Wildman–Crippen MR) is 54.4 cm³/mol. The lowest BCUT2D eigenvalue weighted by atomic mass is 10.1. The number of hydrogen-bond acceptors (Lipinski definition) is 3. The molecule has 0 heterocycles. The Hall–Kier alpha value is -0.930. The molecule has 2 nitrogen and oxygen atoms in total. The van der Waals surface area contributed by atoms with Gasteiger partial charge in [-0.1, -0.05) is 30.4 Å². The van der Waals surface area contributed by atoms with E-state index in [1.165, 1.54) is 0 Å². The van der Waals surface area contributed by atoms with Gasteiger partial charge in [-0.05, 0) is 6.07 Å². The summed E-state index contributed by atoms with van der Waals surface area (Å²) in [6.07, 6.45) is 0. The van der Waals surface area contributed by atoms with Gasteiger partial charge in [-0.15, -0.1) is 0 Å². The maximum absolute atomic E-state index is 5.71. The highest BCUT2D eigenvalue weighted by Gasteiger charge is 2.02. The molecular formula is C9H11NOS. The van der Waals surface area contributed by atoms with Gasteiger partial charge < -0.3 is 10.5 Å². The van der Waals surface area contributed by atoms with Crippen molar-refractivity contribution in [2.24, 2.45) is 0 Å². The van der Waals surface area contributed by atoms with Gasteiger partial charge in [-0.2, -0.15) is 0 Å². The highest BCUT2D eigenvalue weighted by Crippen LogP contribution is 2.11. The van der Waals surface area contributed by atoms with Crippen LogP contribution in [0.3, 0.4) is 0 Å². The Morgan fingerprint density at radius 2 is 2.17 bits per heavy atom. The van der Waals surface area contributed by atoms with E-state index in [9.17, 15) is 0 Å². The molecule has 2 N–H and O–H groups in total. The zero-order valence-electron chi connectivity index (χ0n) is 6.91. The molecule has 1 aromatic carbocycles. The smallest absolute Gasteiger partial charge is 0.0820 e. The summed E-state index contributed by atoms with van der Waals surface area (Å²) in [5.41, 5.74) is 7.31. The van der Waals surface area contributed by atoms with Gasteiger partial charge in [0.05, 0.1) is 11.5 Å². The van der Waals surface area contributed by atoms with Crippen LogP contribution >= 0.6 is 12.2 Å². The molecule has 0 spiro atoms. The van der Waals surface area contributed by atoms with Crippen LogP contribution in [-0.4, -0.2) is 18.6 Å². The number of nitrogens with two attached hydrogens (primary N) is 1. The number of benzene rings is 1. The highest BCUT2D eigenvalue weighted by molar-refractivity contribution is 7.81. The number of rotatable bonds is 3. The topological polar surface area (TPSA) is 35.2 Å². The summed E-state index contributed by atoms with van der Waals surface area (Å²) in [5.74, 6) is 0. The average Bonchev–Trinajstić information content (AvgIpc) is 2.05. The zero-order valence-corrected chi connectivity index (χ0v) is 7.73. The Morgan fingerprint density at radius 1 is 1.50 bits per heavy atom. The van der Waals surface area contributed by atoms with Crippen molar-refractivity contribution in [3.05, 3.63) is 29.8 Å². The molecule has 0 fully saturated rings. The molecule has 0 unspecified atom stereocenters. The number of thiocarbonyl (C=S) groups is 1. The molecule has 0 amide bonds. The predicted octanol–water partition coefficient (Wildman–Crippen LogP) is 1.63. The fourth-order valence-electron chi connectivity index (χ4n) is 0.960. The van der Waals surface area contributed by atoms with E-state index in [1.807, 2.05) is 24.3 Å². The summed E-state index contributed by atoms with van der Waals surface area (Å²) in [6, 6.07) is 7.52. The van der Waals surface area contributed by atoms with Crippen LogP contribution in [0, 0.1) is 0 Å². The van der Waals surface area contributed by atoms with Crippen molar-refractivity contribution in [1.82, 2.24) is 0 Å². The van der Waals surface area contributed by atoms with Crippen LogP contribution < -0.4 is 5.73 Å². The van der Waals surface area contributed by atoms with Gasteiger partial charge in [0.1, 0.15) is 0 Å². The Bertz CT molecular complexity index is 286. The van der Waals surface area contributed by atoms with Crippen LogP contribution in [0.15, 0.2) is 24.3 Å². The molecule has 0 saturated carbocycles. The van der Waals surface area contributed by atoms with E-state index in [-0.39, 0.29) is 0 Å². The van der Waals surface area contributed by atoms with Crippen molar-refractivity contribution in [2.45, 2.75) is 0 Å². The average molecular weight is 181 g/mol. The van der Waals surface area contributed by atoms with E-state index >= 15 is 0 Å². The van der Waals surface area contributed by atoms with E-state index in [0.29, 0.717) is 12.3 Å². The SMILES string of the molecule is COCC(=S)c1ccccc1N. The summed E-state index contributed by atoms with van der Waals surface area (Å²) >= 11 is 5.10. The summed E-state index contributed by atoms with van der Waals surface area (Å²) in [4.78, 5) is 0.746. The first-order valence-electron chi connectivity index (χ1n) is 3.62. The molecule has 1 rings (SSSR count). The van der Waals surface area contributed by atoms with Crippen molar-refractivity contribution in [3.63, 3.8) is 0 Å². The molecule has 0 aliphatic carbocycles. The van der Waals surface area contributed by atoms with Crippen LogP contribution in [0.5, 0.6) is 0 Å². The van der Waals surface area contributed by atoms with Crippen molar-refractivity contribution in [1.29, 1.82) is 0 Å². The number of anilines is 1. The van der Waals surface area contributed by atoms with Gasteiger partial charge in [0, 0.05) is 18.4 Å². The number of para-hydroxylation sites is 1. The van der Waals surface area contributed by atoms with E-state index in [1.54, 1.807) is 7.11 Å². The second-order valence-corrected chi connectivity index (χ2v) is 2.94. The molecule has 0 atom stereocenters. The summed E-state index contributed by atoms with van der Waals surface area (Å²) in [7, 11) is 1.62. The lowest BCUT2D eigenvalue weighted by molar-refractivity contribution is 0.247. The fourth-order valence-corrected chi connectivity index (χ4v) is 1.26. The number of methoxy groups -OCH3 is 1. The molecule has 64 valence electrons. The number of nitrogen functional groups attached to an aromatic ring is 1. The van der Waals surface area contributed by atoms with Gasteiger partial charge in [0.25, 0.3) is 0 Å². The van der Waals surface area contributed by atoms with Crippen LogP contribution in [0.2, 0.25) is 0 Å². The molecule has 1 aromatic rings. The quantitative estimate of drug-likeness (QED) is 0.437. The third-order valence-corrected chi connectivity index (χ3v) is 1.87. The van der Waals surface area contributed by atoms with E-state index in [4.69, 9.17) is 22.7 Å². The van der Waals surface area contributed by atoms with Gasteiger partial charge in [-0.3, -0.25) is 0 Å². The molecule has 0 aliphatic heterocycles. The first-order chi connectivity index (χ1) is 5.75. The Balaban J connectivity index is 2.87. The van der Waals surface area contributed by atoms with Crippen LogP contribution in [0.4, 0.5) is 5.69 Å². The molecule has 0 aromatic heterocycles. The minimum absolute atomic E-state index is 0.448. The Kier molecular flexibility index (Phi) is 3.19. The molecule has 12 heavy (non-hydrogen) atoms. The lowest BCUT2D eigenvalue weighted by Crippen LogP contribution is -2.08. The molecule has 0 bridgehead atoms. The lowest BCUT2D eigenvalue weighted by Gasteiger charge is -2.05. The van der Waals surface area contributed by atoms with Crippen LogP contribution in [0.25, 0.3) is 0 Å². The van der Waals surface area contributed by atoms with E-state index in [0.717, 1.165) is 10.4 Å². The standard InChI is InChI=1S/C9H11NOS/c1-11-6-9(12)7-4-2-3-5-8(7)10/h2-5H,6,10H2,1H3. The molecule has 0 saturated heterocycles. The first-order valence-corrected chi connectivity index (χ1v) is 4.03. The van der Waals surface area contributed by atoms with Crippen molar-refractivity contribution in [2.75, 3.05) is 19.5 Å². The maximum atomic E-state index is 5.71. The van der Waals surface area contributed by atoms with Crippen molar-refractivity contribution in [3.8, 4) is 0 Å². The van der Waals surface area contributed by atoms with Gasteiger partial charge in [0.15, 0.2) is 0 Å². The van der Waals surface area contributed by atoms with Crippen LogP contribution in [0.1, 0.15) is 5.56 Å². The molecule has 0 radical (unpaired) electrons. The third-order valence-electron chi connectivity index (χ3n) is 1.54. The van der Waals surface area contributed by atoms with E-state index < -0.39 is 0 Å². The largest absolute Gasteiger partial charge is 0.398 e. The maximum Gasteiger partial charge on any atom is 0.0820 e. The summed E-state index contributed by atoms with van der Waals surface area (Å²) < 4.78 is 4.92. The van der Waals surface area contributed by atoms with Gasteiger partial charge >= 0.3 is 0 Å².